The zero-order valence-corrected chi connectivity index (χ0v) is 13.5. The van der Waals surface area contributed by atoms with E-state index in [1.165, 1.54) is 6.07 Å². The molecule has 1 aliphatic heterocycles. The monoisotopic (exact) mass is 322 g/mol. The number of hydrogen-bond acceptors (Lipinski definition) is 2. The minimum atomic E-state index is -0.833. The van der Waals surface area contributed by atoms with Crippen LogP contribution in [0.2, 0.25) is 0 Å². The molecule has 1 heterocycles. The molecule has 1 aliphatic carbocycles. The number of likely N-dealkylation sites (tertiary alicyclic amines) is 1. The van der Waals surface area contributed by atoms with E-state index in [4.69, 9.17) is 0 Å². The summed E-state index contributed by atoms with van der Waals surface area (Å²) >= 11 is 0. The third-order valence-corrected chi connectivity index (χ3v) is 5.09. The molecular weight excluding hydrogens is 298 g/mol. The van der Waals surface area contributed by atoms with Gasteiger partial charge in [-0.05, 0) is 61.9 Å². The van der Waals surface area contributed by atoms with Gasteiger partial charge in [-0.3, -0.25) is 4.79 Å². The van der Waals surface area contributed by atoms with Crippen LogP contribution in [0.4, 0.5) is 8.78 Å². The fraction of sp³-hybridized carbons (Fsp3) is 0.611. The summed E-state index contributed by atoms with van der Waals surface area (Å²) in [7, 11) is 0. The van der Waals surface area contributed by atoms with E-state index < -0.39 is 11.6 Å². The lowest BCUT2D eigenvalue weighted by Gasteiger charge is -2.32. The lowest BCUT2D eigenvalue weighted by atomic mass is 9.96. The number of carbonyl (C=O) groups excluding carboxylic acids is 1. The first-order valence-electron chi connectivity index (χ1n) is 8.54. The molecule has 1 saturated heterocycles. The van der Waals surface area contributed by atoms with E-state index in [0.29, 0.717) is 5.92 Å². The van der Waals surface area contributed by atoms with Gasteiger partial charge in [0.05, 0.1) is 0 Å². The topological polar surface area (TPSA) is 32.3 Å². The zero-order valence-electron chi connectivity index (χ0n) is 13.5. The van der Waals surface area contributed by atoms with Gasteiger partial charge in [0.25, 0.3) is 0 Å². The third kappa shape index (κ3) is 3.71. The summed E-state index contributed by atoms with van der Waals surface area (Å²) in [5.41, 5.74) is 0.740. The Labute approximate surface area is 136 Å². The Bertz CT molecular complexity index is 570. The van der Waals surface area contributed by atoms with Gasteiger partial charge in [-0.25, -0.2) is 8.78 Å². The fourth-order valence-corrected chi connectivity index (χ4v) is 3.52. The van der Waals surface area contributed by atoms with E-state index in [2.05, 4.69) is 12.2 Å². The Morgan fingerprint density at radius 3 is 2.65 bits per heavy atom. The summed E-state index contributed by atoms with van der Waals surface area (Å²) in [6.07, 6.45) is 2.84. The average Bonchev–Trinajstić information content (AvgIpc) is 3.36. The highest BCUT2D eigenvalue weighted by atomic mass is 19.2. The van der Waals surface area contributed by atoms with Crippen molar-refractivity contribution >= 4 is 5.91 Å². The van der Waals surface area contributed by atoms with E-state index in [1.54, 1.807) is 6.07 Å². The highest BCUT2D eigenvalue weighted by molar-refractivity contribution is 5.83. The first-order chi connectivity index (χ1) is 11.1. The Kier molecular flexibility index (Phi) is 4.95. The maximum Gasteiger partial charge on any atom is 0.226 e. The lowest BCUT2D eigenvalue weighted by Crippen LogP contribution is -2.41. The molecule has 0 bridgehead atoms. The van der Waals surface area contributed by atoms with Crippen molar-refractivity contribution < 1.29 is 13.6 Å². The summed E-state index contributed by atoms with van der Waals surface area (Å²) in [6.45, 7) is 5.74. The van der Waals surface area contributed by atoms with Gasteiger partial charge in [0.1, 0.15) is 0 Å². The number of piperidine rings is 1. The minimum absolute atomic E-state index is 0.0508. The summed E-state index contributed by atoms with van der Waals surface area (Å²) in [6, 6.07) is 3.98. The second kappa shape index (κ2) is 6.95. The van der Waals surface area contributed by atoms with Crippen molar-refractivity contribution in [3.63, 3.8) is 0 Å². The molecule has 0 aromatic heterocycles. The minimum Gasteiger partial charge on any atom is -0.342 e. The van der Waals surface area contributed by atoms with E-state index in [1.807, 2.05) is 4.90 Å². The molecule has 1 amide bonds. The molecule has 1 N–H and O–H groups in total. The molecule has 2 aliphatic rings. The largest absolute Gasteiger partial charge is 0.342 e. The smallest absolute Gasteiger partial charge is 0.226 e. The molecule has 1 aromatic carbocycles. The van der Waals surface area contributed by atoms with Crippen molar-refractivity contribution in [3.8, 4) is 0 Å². The van der Waals surface area contributed by atoms with Crippen LogP contribution in [0.5, 0.6) is 0 Å². The molecule has 1 saturated carbocycles. The quantitative estimate of drug-likeness (QED) is 0.904. The van der Waals surface area contributed by atoms with Gasteiger partial charge in [0.2, 0.25) is 5.91 Å². The van der Waals surface area contributed by atoms with Crippen molar-refractivity contribution in [3.05, 3.63) is 35.4 Å². The second-order valence-electron chi connectivity index (χ2n) is 6.70. The van der Waals surface area contributed by atoms with Crippen LogP contribution in [0.15, 0.2) is 18.2 Å². The van der Waals surface area contributed by atoms with Crippen molar-refractivity contribution in [2.75, 3.05) is 26.2 Å². The van der Waals surface area contributed by atoms with Crippen LogP contribution < -0.4 is 5.32 Å². The van der Waals surface area contributed by atoms with E-state index >= 15 is 0 Å². The first-order valence-corrected chi connectivity index (χ1v) is 8.54. The summed E-state index contributed by atoms with van der Waals surface area (Å²) < 4.78 is 26.3. The molecule has 2 fully saturated rings. The number of halogens is 2. The lowest BCUT2D eigenvalue weighted by molar-refractivity contribution is -0.134. The molecule has 3 nitrogen and oxygen atoms in total. The highest BCUT2D eigenvalue weighted by Gasteiger charge is 2.46. The molecule has 23 heavy (non-hydrogen) atoms. The van der Waals surface area contributed by atoms with E-state index in [-0.39, 0.29) is 17.7 Å². The van der Waals surface area contributed by atoms with Gasteiger partial charge in [0.15, 0.2) is 11.6 Å². The van der Waals surface area contributed by atoms with Gasteiger partial charge in [-0.15, -0.1) is 0 Å². The van der Waals surface area contributed by atoms with Gasteiger partial charge in [-0.1, -0.05) is 13.0 Å². The fourth-order valence-electron chi connectivity index (χ4n) is 3.52. The molecule has 3 rings (SSSR count). The normalized spacial score (nSPS) is 24.7. The number of hydrogen-bond donors (Lipinski definition) is 1. The number of carbonyl (C=O) groups is 1. The van der Waals surface area contributed by atoms with Crippen LogP contribution in [0.25, 0.3) is 0 Å². The average molecular weight is 322 g/mol. The maximum absolute atomic E-state index is 13.3. The Morgan fingerprint density at radius 1 is 1.26 bits per heavy atom. The Balaban J connectivity index is 1.51. The third-order valence-electron chi connectivity index (χ3n) is 5.09. The molecule has 0 spiro atoms. The number of rotatable bonds is 5. The van der Waals surface area contributed by atoms with Crippen molar-refractivity contribution in [2.24, 2.45) is 11.8 Å². The van der Waals surface area contributed by atoms with Crippen LogP contribution in [0.3, 0.4) is 0 Å². The molecular formula is C18H24F2N2O. The summed E-state index contributed by atoms with van der Waals surface area (Å²) in [5.74, 6) is -0.825. The molecule has 5 heteroatoms. The Hall–Kier alpha value is -1.49. The van der Waals surface area contributed by atoms with Crippen molar-refractivity contribution in [1.82, 2.24) is 10.2 Å². The van der Waals surface area contributed by atoms with Crippen LogP contribution in [-0.4, -0.2) is 37.0 Å². The van der Waals surface area contributed by atoms with Crippen LogP contribution in [0, 0.1) is 23.5 Å². The van der Waals surface area contributed by atoms with Crippen LogP contribution >= 0.6 is 0 Å². The van der Waals surface area contributed by atoms with E-state index in [9.17, 15) is 13.6 Å². The van der Waals surface area contributed by atoms with Gasteiger partial charge < -0.3 is 10.2 Å². The molecule has 126 valence electrons. The van der Waals surface area contributed by atoms with Gasteiger partial charge in [-0.2, -0.15) is 0 Å². The SMILES string of the molecule is CCNCC1CCN(C(=O)C2CC2c2ccc(F)c(F)c2)CC1. The predicted molar refractivity (Wildman–Crippen MR) is 85.1 cm³/mol. The zero-order chi connectivity index (χ0) is 16.4. The maximum atomic E-state index is 13.3. The van der Waals surface area contributed by atoms with Crippen molar-refractivity contribution in [1.29, 1.82) is 0 Å². The molecule has 0 radical (unpaired) electrons. The predicted octanol–water partition coefficient (Wildman–Crippen LogP) is 2.92. The molecule has 2 atom stereocenters. The van der Waals surface area contributed by atoms with Gasteiger partial charge in [0, 0.05) is 19.0 Å². The number of amides is 1. The van der Waals surface area contributed by atoms with E-state index in [0.717, 1.165) is 57.1 Å². The van der Waals surface area contributed by atoms with Gasteiger partial charge >= 0.3 is 0 Å². The Morgan fingerprint density at radius 2 is 2.00 bits per heavy atom. The standard InChI is InChI=1S/C18H24F2N2O/c1-2-21-11-12-5-7-22(8-6-12)18(23)15-10-14(15)13-3-4-16(19)17(20)9-13/h3-4,9,12,14-15,21H,2,5-8,10-11H2,1H3. The first kappa shape index (κ1) is 16.4. The van der Waals surface area contributed by atoms with Crippen LogP contribution in [-0.2, 0) is 4.79 Å². The van der Waals surface area contributed by atoms with Crippen molar-refractivity contribution in [2.45, 2.75) is 32.1 Å². The number of nitrogens with one attached hydrogen (secondary N) is 1. The summed E-state index contributed by atoms with van der Waals surface area (Å²) in [5, 5.41) is 3.37. The second-order valence-corrected chi connectivity index (χ2v) is 6.70. The highest BCUT2D eigenvalue weighted by Crippen LogP contribution is 2.49. The number of benzene rings is 1. The molecule has 2 unspecified atom stereocenters. The number of nitrogens with zero attached hydrogens (tertiary/aromatic N) is 1. The summed E-state index contributed by atoms with van der Waals surface area (Å²) in [4.78, 5) is 14.5. The molecule has 1 aromatic rings. The van der Waals surface area contributed by atoms with Crippen LogP contribution in [0.1, 0.15) is 37.7 Å².